The molecule has 1 amide bonds. The third kappa shape index (κ3) is 6.03. The Morgan fingerprint density at radius 2 is 2.10 bits per heavy atom. The third-order valence-electron chi connectivity index (χ3n) is 4.61. The topological polar surface area (TPSA) is 181 Å². The highest BCUT2D eigenvalue weighted by Crippen LogP contribution is 2.26. The van der Waals surface area contributed by atoms with E-state index in [9.17, 15) is 9.59 Å². The molecule has 0 saturated heterocycles. The van der Waals surface area contributed by atoms with E-state index in [1.165, 1.54) is 6.33 Å². The highest BCUT2D eigenvalue weighted by Gasteiger charge is 2.23. The average molecular weight is 418 g/mol. The van der Waals surface area contributed by atoms with Crippen molar-refractivity contribution in [2.45, 2.75) is 57.2 Å². The van der Waals surface area contributed by atoms with Gasteiger partial charge in [0.2, 0.25) is 0 Å². The number of nitrogens with one attached hydrogen (secondary N) is 3. The van der Waals surface area contributed by atoms with Gasteiger partial charge in [-0.15, -0.1) is 0 Å². The summed E-state index contributed by atoms with van der Waals surface area (Å²) in [5.74, 6) is -0.824. The van der Waals surface area contributed by atoms with Crippen LogP contribution in [0, 0.1) is 5.41 Å². The number of fused-ring (bicyclic) bond motifs is 1. The van der Waals surface area contributed by atoms with Crippen molar-refractivity contribution in [1.29, 1.82) is 5.41 Å². The number of ether oxygens (including phenoxy) is 1. The molecule has 0 aromatic carbocycles. The van der Waals surface area contributed by atoms with Crippen LogP contribution in [0.25, 0.3) is 11.2 Å². The smallest absolute Gasteiger partial charge is 0.407 e. The van der Waals surface area contributed by atoms with Crippen LogP contribution in [0.4, 0.5) is 10.6 Å². The lowest BCUT2D eigenvalue weighted by Crippen LogP contribution is -2.43. The fraction of sp³-hybridized carbons (Fsp3) is 0.556. The summed E-state index contributed by atoms with van der Waals surface area (Å²) in [4.78, 5) is 35.7. The molecule has 0 spiro atoms. The quantitative estimate of drug-likeness (QED) is 0.191. The van der Waals surface area contributed by atoms with Gasteiger partial charge in [0, 0.05) is 19.0 Å². The molecule has 12 heteroatoms. The van der Waals surface area contributed by atoms with Crippen molar-refractivity contribution < 1.29 is 19.4 Å². The number of amides is 1. The number of anilines is 1. The summed E-state index contributed by atoms with van der Waals surface area (Å²) >= 11 is 0. The monoisotopic (exact) mass is 418 g/mol. The van der Waals surface area contributed by atoms with Gasteiger partial charge in [0.15, 0.2) is 11.5 Å². The molecule has 0 radical (unpaired) electrons. The van der Waals surface area contributed by atoms with Crippen LogP contribution >= 0.6 is 0 Å². The van der Waals surface area contributed by atoms with E-state index in [1.54, 1.807) is 6.33 Å². The summed E-state index contributed by atoms with van der Waals surface area (Å²) in [6.07, 6.45) is 6.76. The number of imidazole rings is 1. The summed E-state index contributed by atoms with van der Waals surface area (Å²) in [6.45, 7) is 0.892. The molecular weight excluding hydrogens is 392 g/mol. The number of carbonyl (C=O) groups is 2. The Hall–Kier alpha value is -3.44. The summed E-state index contributed by atoms with van der Waals surface area (Å²) in [6, 6.07) is -0.788. The first-order valence-corrected chi connectivity index (χ1v) is 9.85. The second-order valence-corrected chi connectivity index (χ2v) is 7.21. The number of aliphatic carboxylic acids is 1. The summed E-state index contributed by atoms with van der Waals surface area (Å²) in [5, 5.41) is 21.7. The predicted octanol–water partition coefficient (Wildman–Crippen LogP) is 1.08. The summed E-state index contributed by atoms with van der Waals surface area (Å²) in [7, 11) is 0. The van der Waals surface area contributed by atoms with Gasteiger partial charge in [0.1, 0.15) is 17.9 Å². The van der Waals surface area contributed by atoms with Crippen LogP contribution in [0.1, 0.15) is 38.5 Å². The minimum absolute atomic E-state index is 0.167. The molecule has 2 aromatic heterocycles. The molecular formula is C18H26N8O4. The van der Waals surface area contributed by atoms with E-state index in [-0.39, 0.29) is 18.9 Å². The SMILES string of the molecule is N=C(N)CC(NC(=O)OCCCCCn1cnc2c(NC3CC3)ncnc21)C(=O)O. The normalized spacial score (nSPS) is 14.3. The Morgan fingerprint density at radius 3 is 2.80 bits per heavy atom. The van der Waals surface area contributed by atoms with Crippen LogP contribution in [0.3, 0.4) is 0 Å². The van der Waals surface area contributed by atoms with Crippen LogP contribution < -0.4 is 16.4 Å². The molecule has 0 bridgehead atoms. The van der Waals surface area contributed by atoms with E-state index in [0.29, 0.717) is 12.5 Å². The lowest BCUT2D eigenvalue weighted by Gasteiger charge is -2.13. The van der Waals surface area contributed by atoms with Gasteiger partial charge in [0.05, 0.1) is 18.8 Å². The first kappa shape index (κ1) is 21.3. The fourth-order valence-corrected chi connectivity index (χ4v) is 2.90. The molecule has 1 aliphatic rings. The molecule has 1 unspecified atom stereocenters. The molecule has 1 aliphatic carbocycles. The van der Waals surface area contributed by atoms with E-state index >= 15 is 0 Å². The molecule has 2 heterocycles. The van der Waals surface area contributed by atoms with Crippen LogP contribution in [0.5, 0.6) is 0 Å². The zero-order chi connectivity index (χ0) is 21.5. The third-order valence-corrected chi connectivity index (χ3v) is 4.61. The number of carboxylic acids is 1. The van der Waals surface area contributed by atoms with Crippen LogP contribution in [0.2, 0.25) is 0 Å². The number of amidine groups is 1. The standard InChI is InChI=1S/C18H26N8O4/c19-13(20)8-12(17(27)28)25-18(29)30-7-3-1-2-6-26-10-23-14-15(24-11-4-5-11)21-9-22-16(14)26/h9-12H,1-8H2,(H3,19,20)(H,25,29)(H,27,28)(H,21,22,24). The second kappa shape index (κ2) is 9.85. The second-order valence-electron chi connectivity index (χ2n) is 7.21. The van der Waals surface area contributed by atoms with E-state index < -0.39 is 18.1 Å². The molecule has 3 rings (SSSR count). The number of nitrogens with two attached hydrogens (primary N) is 1. The molecule has 1 fully saturated rings. The number of hydrogen-bond donors (Lipinski definition) is 5. The number of carboxylic acid groups (broad SMARTS) is 1. The van der Waals surface area contributed by atoms with Gasteiger partial charge in [-0.1, -0.05) is 0 Å². The number of carbonyl (C=O) groups excluding carboxylic acids is 1. The highest BCUT2D eigenvalue weighted by atomic mass is 16.5. The number of nitrogens with zero attached hydrogens (tertiary/aromatic N) is 4. The van der Waals surface area contributed by atoms with Crippen LogP contribution in [0.15, 0.2) is 12.7 Å². The number of aryl methyl sites for hydroxylation is 1. The molecule has 12 nitrogen and oxygen atoms in total. The van der Waals surface area contributed by atoms with E-state index in [1.807, 2.05) is 4.57 Å². The largest absolute Gasteiger partial charge is 0.480 e. The zero-order valence-electron chi connectivity index (χ0n) is 16.5. The minimum atomic E-state index is -1.27. The number of aromatic nitrogens is 4. The van der Waals surface area contributed by atoms with Gasteiger partial charge < -0.3 is 30.8 Å². The van der Waals surface area contributed by atoms with Crippen molar-refractivity contribution in [3.63, 3.8) is 0 Å². The maximum Gasteiger partial charge on any atom is 0.407 e. The number of hydrogen-bond acceptors (Lipinski definition) is 8. The Kier molecular flexibility index (Phi) is 6.99. The number of rotatable bonds is 12. The van der Waals surface area contributed by atoms with Crippen LogP contribution in [-0.4, -0.2) is 61.2 Å². The van der Waals surface area contributed by atoms with Crippen molar-refractivity contribution >= 4 is 34.9 Å². The molecule has 1 saturated carbocycles. The molecule has 162 valence electrons. The molecule has 2 aromatic rings. The molecule has 6 N–H and O–H groups in total. The van der Waals surface area contributed by atoms with Gasteiger partial charge in [-0.3, -0.25) is 5.41 Å². The van der Waals surface area contributed by atoms with E-state index in [4.69, 9.17) is 21.0 Å². The lowest BCUT2D eigenvalue weighted by molar-refractivity contribution is -0.139. The predicted molar refractivity (Wildman–Crippen MR) is 108 cm³/mol. The molecule has 0 aliphatic heterocycles. The van der Waals surface area contributed by atoms with E-state index in [0.717, 1.165) is 49.2 Å². The van der Waals surface area contributed by atoms with Crippen molar-refractivity contribution in [2.24, 2.45) is 5.73 Å². The van der Waals surface area contributed by atoms with E-state index in [2.05, 4.69) is 25.6 Å². The van der Waals surface area contributed by atoms with Gasteiger partial charge in [-0.05, 0) is 32.1 Å². The van der Waals surface area contributed by atoms with Crippen molar-refractivity contribution in [3.05, 3.63) is 12.7 Å². The van der Waals surface area contributed by atoms with Crippen molar-refractivity contribution in [1.82, 2.24) is 24.8 Å². The Bertz CT molecular complexity index is 911. The maximum absolute atomic E-state index is 11.7. The number of alkyl carbamates (subject to hydrolysis) is 1. The van der Waals surface area contributed by atoms with Gasteiger partial charge in [-0.25, -0.2) is 24.5 Å². The first-order chi connectivity index (χ1) is 14.4. The first-order valence-electron chi connectivity index (χ1n) is 9.85. The Morgan fingerprint density at radius 1 is 1.30 bits per heavy atom. The zero-order valence-corrected chi connectivity index (χ0v) is 16.5. The Labute approximate surface area is 172 Å². The van der Waals surface area contributed by atoms with Gasteiger partial charge >= 0.3 is 12.1 Å². The van der Waals surface area contributed by atoms with Crippen molar-refractivity contribution in [3.8, 4) is 0 Å². The average Bonchev–Trinajstić information content (AvgIpc) is 3.41. The van der Waals surface area contributed by atoms with Crippen molar-refractivity contribution in [2.75, 3.05) is 11.9 Å². The highest BCUT2D eigenvalue weighted by molar-refractivity contribution is 5.87. The van der Waals surface area contributed by atoms with Gasteiger partial charge in [-0.2, -0.15) is 0 Å². The molecule has 1 atom stereocenters. The van der Waals surface area contributed by atoms with Crippen LogP contribution in [-0.2, 0) is 16.1 Å². The number of unbranched alkanes of at least 4 members (excludes halogenated alkanes) is 2. The van der Waals surface area contributed by atoms with Gasteiger partial charge in [0.25, 0.3) is 0 Å². The maximum atomic E-state index is 11.7. The summed E-state index contributed by atoms with van der Waals surface area (Å²) in [5.41, 5.74) is 6.73. The fourth-order valence-electron chi connectivity index (χ4n) is 2.90. The lowest BCUT2D eigenvalue weighted by atomic mass is 10.2. The Balaban J connectivity index is 1.37. The summed E-state index contributed by atoms with van der Waals surface area (Å²) < 4.78 is 6.97. The minimum Gasteiger partial charge on any atom is -0.480 e. The molecule has 30 heavy (non-hydrogen) atoms.